The first kappa shape index (κ1) is 80.8. The highest BCUT2D eigenvalue weighted by Crippen LogP contribution is 2.22. The highest BCUT2D eigenvalue weighted by Gasteiger charge is 2.40. The summed E-state index contributed by atoms with van der Waals surface area (Å²) in [7, 11) is 0. The van der Waals surface area contributed by atoms with Crippen LogP contribution in [0.3, 0.4) is 0 Å². The van der Waals surface area contributed by atoms with Gasteiger partial charge in [-0.25, -0.2) is 4.79 Å². The molecule has 3 aromatic heterocycles. The molecule has 0 bridgehead atoms. The molecule has 29 nitrogen and oxygen atoms in total. The van der Waals surface area contributed by atoms with Crippen LogP contribution >= 0.6 is 0 Å². The van der Waals surface area contributed by atoms with Gasteiger partial charge >= 0.3 is 5.97 Å². The van der Waals surface area contributed by atoms with Gasteiger partial charge in [0.25, 0.3) is 11.8 Å². The second kappa shape index (κ2) is 41.6. The SMILES string of the molecule is CC(=O)N[C@H](Cc1ccc2ccccc2c1)C(=O)N[C@H](Cc1cnccc1C(=O)[C@H](C)N)C(=O)N[C@@H](CO)C(=O)N[C@@H](CCCCNC(=O)c1cccnc1)C(=O)N[C@H](CCCCNC(=O)c1cccnc1)C(=O)N[C@@H](CC(C)C)C(=O)N[C@@H](CCCCNC(C)C)C(=O)N1CCC[C@H]1C(=O)O. The van der Waals surface area contributed by atoms with Crippen LogP contribution in [0.15, 0.2) is 110 Å². The number of carboxylic acid groups (broad SMARTS) is 1. The average molecular weight is 1410 g/mol. The topological polar surface area (TPSA) is 434 Å². The van der Waals surface area contributed by atoms with Gasteiger partial charge in [0.15, 0.2) is 5.78 Å². The summed E-state index contributed by atoms with van der Waals surface area (Å²) in [4.78, 5) is 181. The van der Waals surface area contributed by atoms with Crippen LogP contribution in [0.4, 0.5) is 0 Å². The van der Waals surface area contributed by atoms with Crippen molar-refractivity contribution in [3.05, 3.63) is 138 Å². The zero-order valence-corrected chi connectivity index (χ0v) is 58.8. The lowest BCUT2D eigenvalue weighted by atomic mass is 9.96. The first-order chi connectivity index (χ1) is 48.8. The molecule has 1 saturated heterocycles. The number of unbranched alkanes of at least 4 members (excludes halogenated alkanes) is 3. The number of nitrogens with one attached hydrogen (secondary N) is 10. The van der Waals surface area contributed by atoms with Gasteiger partial charge in [0.05, 0.1) is 23.8 Å². The van der Waals surface area contributed by atoms with E-state index in [0.717, 1.165) is 10.8 Å². The molecule has 29 heteroatoms. The Kier molecular flexibility index (Phi) is 32.9. The molecule has 550 valence electrons. The Labute approximate surface area is 594 Å². The Balaban J connectivity index is 1.29. The number of carbonyl (C=O) groups is 12. The van der Waals surface area contributed by atoms with E-state index in [9.17, 15) is 63.0 Å². The minimum Gasteiger partial charge on any atom is -0.480 e. The molecule has 1 aliphatic heterocycles. The molecule has 1 fully saturated rings. The number of aliphatic carboxylic acids is 1. The molecule has 102 heavy (non-hydrogen) atoms. The van der Waals surface area contributed by atoms with E-state index in [-0.39, 0.29) is 112 Å². The number of nitrogens with zero attached hydrogens (tertiary/aromatic N) is 4. The molecule has 9 atom stereocenters. The number of nitrogens with two attached hydrogens (primary N) is 1. The molecule has 1 aliphatic rings. The fourth-order valence-corrected chi connectivity index (χ4v) is 11.8. The minimum atomic E-state index is -1.85. The number of rotatable bonds is 42. The summed E-state index contributed by atoms with van der Waals surface area (Å²) in [5.74, 6) is -9.42. The van der Waals surface area contributed by atoms with Gasteiger partial charge in [0.2, 0.25) is 47.3 Å². The summed E-state index contributed by atoms with van der Waals surface area (Å²) in [6, 6.07) is 8.65. The van der Waals surface area contributed by atoms with Gasteiger partial charge in [-0.1, -0.05) is 70.2 Å². The van der Waals surface area contributed by atoms with E-state index in [1.165, 1.54) is 62.0 Å². The van der Waals surface area contributed by atoms with Crippen LogP contribution in [0.5, 0.6) is 0 Å². The molecule has 0 unspecified atom stereocenters. The number of fused-ring (bicyclic) bond motifs is 1. The number of benzene rings is 2. The van der Waals surface area contributed by atoms with Crippen molar-refractivity contribution in [2.24, 2.45) is 11.7 Å². The maximum atomic E-state index is 15.0. The van der Waals surface area contributed by atoms with Gasteiger partial charge in [-0.3, -0.25) is 67.7 Å². The second-order valence-corrected chi connectivity index (χ2v) is 26.3. The third kappa shape index (κ3) is 26.1. The fraction of sp³-hybridized carbons (Fsp3) is 0.493. The summed E-state index contributed by atoms with van der Waals surface area (Å²) >= 11 is 0. The zero-order chi connectivity index (χ0) is 74.3. The van der Waals surface area contributed by atoms with Crippen LogP contribution in [0.2, 0.25) is 0 Å². The normalized spacial score (nSPS) is 15.1. The summed E-state index contributed by atoms with van der Waals surface area (Å²) in [6.45, 7) is 10.2. The van der Waals surface area contributed by atoms with Crippen LogP contribution in [0, 0.1) is 5.92 Å². The molecule has 0 aliphatic carbocycles. The number of aliphatic hydroxyl groups is 1. The predicted octanol–water partition coefficient (Wildman–Crippen LogP) is 2.24. The van der Waals surface area contributed by atoms with Crippen molar-refractivity contribution in [3.8, 4) is 0 Å². The Morgan fingerprint density at radius 1 is 0.539 bits per heavy atom. The predicted molar refractivity (Wildman–Crippen MR) is 380 cm³/mol. The fourth-order valence-electron chi connectivity index (χ4n) is 11.8. The van der Waals surface area contributed by atoms with Crippen LogP contribution < -0.4 is 58.9 Å². The van der Waals surface area contributed by atoms with Crippen LogP contribution in [0.1, 0.15) is 161 Å². The Morgan fingerprint density at radius 2 is 1.04 bits per heavy atom. The third-order valence-electron chi connectivity index (χ3n) is 17.2. The van der Waals surface area contributed by atoms with Gasteiger partial charge in [0, 0.05) is 88.2 Å². The van der Waals surface area contributed by atoms with Gasteiger partial charge in [-0.15, -0.1) is 0 Å². The third-order valence-corrected chi connectivity index (χ3v) is 17.2. The van der Waals surface area contributed by atoms with Crippen molar-refractivity contribution in [1.29, 1.82) is 0 Å². The van der Waals surface area contributed by atoms with Crippen molar-refractivity contribution in [3.63, 3.8) is 0 Å². The van der Waals surface area contributed by atoms with E-state index in [1.807, 2.05) is 64.1 Å². The number of carboxylic acids is 1. The molecule has 6 rings (SSSR count). The van der Waals surface area contributed by atoms with Crippen molar-refractivity contribution < 1.29 is 67.7 Å². The number of likely N-dealkylation sites (tertiary alicyclic amines) is 1. The molecule has 4 heterocycles. The number of ketones is 1. The number of aliphatic hydroxyl groups excluding tert-OH is 1. The number of hydrogen-bond donors (Lipinski definition) is 13. The molecule has 0 radical (unpaired) electrons. The summed E-state index contributed by atoms with van der Waals surface area (Å²) < 4.78 is 0. The molecule has 2 aromatic carbocycles. The zero-order valence-electron chi connectivity index (χ0n) is 58.8. The molecule has 10 amide bonds. The van der Waals surface area contributed by atoms with Crippen molar-refractivity contribution in [1.82, 2.24) is 73.0 Å². The van der Waals surface area contributed by atoms with Gasteiger partial charge < -0.3 is 74.0 Å². The van der Waals surface area contributed by atoms with E-state index in [1.54, 1.807) is 30.3 Å². The molecule has 0 saturated carbocycles. The average Bonchev–Trinajstić information content (AvgIpc) is 1.34. The molecule has 5 aromatic rings. The Morgan fingerprint density at radius 3 is 1.58 bits per heavy atom. The number of pyridine rings is 3. The highest BCUT2D eigenvalue weighted by atomic mass is 16.4. The number of aromatic nitrogens is 3. The smallest absolute Gasteiger partial charge is 0.326 e. The van der Waals surface area contributed by atoms with Crippen molar-refractivity contribution in [2.45, 2.75) is 192 Å². The highest BCUT2D eigenvalue weighted by molar-refractivity contribution is 6.02. The maximum absolute atomic E-state index is 15.0. The monoisotopic (exact) mass is 1410 g/mol. The number of Topliss-reactive ketones (excluding diaryl/α,β-unsaturated/α-hetero) is 1. The van der Waals surface area contributed by atoms with E-state index in [2.05, 4.69) is 68.1 Å². The summed E-state index contributed by atoms with van der Waals surface area (Å²) in [5, 5.41) is 50.6. The molecule has 14 N–H and O–H groups in total. The number of carbonyl (C=O) groups excluding carboxylic acids is 11. The summed E-state index contributed by atoms with van der Waals surface area (Å²) in [6.07, 6.45) is 10.6. The first-order valence-corrected chi connectivity index (χ1v) is 34.9. The first-order valence-electron chi connectivity index (χ1n) is 34.9. The van der Waals surface area contributed by atoms with Crippen molar-refractivity contribution in [2.75, 3.05) is 32.8 Å². The Hall–Kier alpha value is -10.1. The maximum Gasteiger partial charge on any atom is 0.326 e. The van der Waals surface area contributed by atoms with E-state index < -0.39 is 138 Å². The number of amides is 10. The summed E-state index contributed by atoms with van der Waals surface area (Å²) in [5.41, 5.74) is 7.52. The molecule has 0 spiro atoms. The van der Waals surface area contributed by atoms with Crippen molar-refractivity contribution >= 4 is 81.6 Å². The lowest BCUT2D eigenvalue weighted by molar-refractivity contribution is -0.149. The minimum absolute atomic E-state index is 0.0357. The van der Waals surface area contributed by atoms with E-state index >= 15 is 4.79 Å². The van der Waals surface area contributed by atoms with E-state index in [0.29, 0.717) is 36.9 Å². The van der Waals surface area contributed by atoms with Gasteiger partial charge in [-0.05, 0) is 149 Å². The Bertz CT molecular complexity index is 3660. The standard InChI is InChI=1S/C73H99N15O14/c1-44(2)36-58(68(96)84-57(24-11-12-31-78-45(3)4)72(100)88-35-17-25-62(88)73(101)102)85-67(95)56(23-10-14-33-80-65(93)52-21-16-30-76-41-52)82-66(94)55(22-9-13-32-79-64(92)51-20-15-29-75-40-51)83-71(99)61(43-89)87-70(98)60(39-53-42-77-34-28-54(53)63(91)46(5)74)86-69(97)59(81-47(6)90)38-48-26-27-49-18-7-8-19-50(49)37-48/h7-8,15-16,18-21,26-30,34,37,40-42,44-46,55-62,78,89H,9-14,17,22-25,31-33,35-36,38-39,43,74H2,1-6H3,(H,79,92)(H,80,93)(H,81,90)(H,82,94)(H,83,99)(H,84,96)(H,85,95)(H,86,97)(H,87,98)(H,101,102)/t46-,55-,56+,57-,58-,59+,60+,61-,62-/m0/s1. The number of hydrogen-bond acceptors (Lipinski definition) is 18. The van der Waals surface area contributed by atoms with Crippen LogP contribution in [-0.4, -0.2) is 194 Å². The van der Waals surface area contributed by atoms with Gasteiger partial charge in [0.1, 0.15) is 48.3 Å². The van der Waals surface area contributed by atoms with Gasteiger partial charge in [-0.2, -0.15) is 0 Å². The lowest BCUT2D eigenvalue weighted by Gasteiger charge is -2.30. The van der Waals surface area contributed by atoms with Crippen LogP contribution in [-0.2, 0) is 56.0 Å². The quantitative estimate of drug-likeness (QED) is 0.0197. The van der Waals surface area contributed by atoms with Crippen LogP contribution in [0.25, 0.3) is 10.8 Å². The molecular weight excluding hydrogens is 1310 g/mol. The van der Waals surface area contributed by atoms with E-state index in [4.69, 9.17) is 5.73 Å². The molecular formula is C73H99N15O14. The lowest BCUT2D eigenvalue weighted by Crippen LogP contribution is -2.61. The second-order valence-electron chi connectivity index (χ2n) is 26.3. The largest absolute Gasteiger partial charge is 0.480 e.